The van der Waals surface area contributed by atoms with E-state index in [-0.39, 0.29) is 5.91 Å². The molecule has 2 saturated heterocycles. The van der Waals surface area contributed by atoms with Crippen LogP contribution in [0.2, 0.25) is 0 Å². The van der Waals surface area contributed by atoms with E-state index in [1.54, 1.807) is 0 Å². The number of aryl methyl sites for hydroxylation is 2. The van der Waals surface area contributed by atoms with E-state index in [9.17, 15) is 4.79 Å². The fourth-order valence-electron chi connectivity index (χ4n) is 5.46. The van der Waals surface area contributed by atoms with Crippen molar-refractivity contribution >= 4 is 5.91 Å². The third-order valence-corrected chi connectivity index (χ3v) is 7.79. The van der Waals surface area contributed by atoms with Gasteiger partial charge < -0.3 is 14.2 Å². The van der Waals surface area contributed by atoms with Crippen molar-refractivity contribution in [1.82, 2.24) is 24.8 Å². The van der Waals surface area contributed by atoms with Gasteiger partial charge in [0, 0.05) is 76.2 Å². The van der Waals surface area contributed by atoms with Crippen molar-refractivity contribution in [1.29, 1.82) is 0 Å². The van der Waals surface area contributed by atoms with Crippen LogP contribution in [-0.4, -0.2) is 76.6 Å². The van der Waals surface area contributed by atoms with Gasteiger partial charge in [0.25, 0.3) is 0 Å². The van der Waals surface area contributed by atoms with Crippen molar-refractivity contribution in [3.05, 3.63) is 76.9 Å². The van der Waals surface area contributed by atoms with Crippen LogP contribution >= 0.6 is 0 Å². The van der Waals surface area contributed by atoms with Crippen molar-refractivity contribution < 1.29 is 14.1 Å². The first-order chi connectivity index (χ1) is 18.5. The molecule has 1 amide bonds. The number of aromatic nitrogens is 2. The highest BCUT2D eigenvalue weighted by atomic mass is 16.5. The summed E-state index contributed by atoms with van der Waals surface area (Å²) in [5.41, 5.74) is 4.31. The highest BCUT2D eigenvalue weighted by Crippen LogP contribution is 2.22. The van der Waals surface area contributed by atoms with Crippen molar-refractivity contribution in [3.63, 3.8) is 0 Å². The first kappa shape index (κ1) is 26.4. The lowest BCUT2D eigenvalue weighted by atomic mass is 9.98. The predicted molar refractivity (Wildman–Crippen MR) is 146 cm³/mol. The maximum Gasteiger partial charge on any atom is 0.227 e. The number of carbonyl (C=O) groups is 1. The molecule has 4 heterocycles. The standard InChI is InChI=1S/C30H39N5O3/c1-23-29(24(2)38-32-23)17-30(36)35-12-4-6-27(21-35)22-37-28-9-7-25(8-10-28)19-33-13-15-34(16-14-33)20-26-5-3-11-31-18-26/h3,5,7-11,18,27H,4,6,12-17,19-22H2,1-2H3/t27-/m0/s1. The lowest BCUT2D eigenvalue weighted by molar-refractivity contribution is -0.132. The van der Waals surface area contributed by atoms with Gasteiger partial charge >= 0.3 is 0 Å². The molecule has 0 N–H and O–H groups in total. The van der Waals surface area contributed by atoms with Crippen molar-refractivity contribution in [2.45, 2.75) is 46.2 Å². The zero-order valence-corrected chi connectivity index (χ0v) is 22.6. The minimum atomic E-state index is 0.145. The van der Waals surface area contributed by atoms with E-state index >= 15 is 0 Å². The summed E-state index contributed by atoms with van der Waals surface area (Å²) in [6, 6.07) is 12.7. The number of hydrogen-bond acceptors (Lipinski definition) is 7. The van der Waals surface area contributed by atoms with E-state index in [0.717, 1.165) is 88.0 Å². The first-order valence-corrected chi connectivity index (χ1v) is 13.8. The molecule has 0 radical (unpaired) electrons. The zero-order valence-electron chi connectivity index (χ0n) is 22.6. The number of piperidine rings is 1. The summed E-state index contributed by atoms with van der Waals surface area (Å²) in [7, 11) is 0. The van der Waals surface area contributed by atoms with Gasteiger partial charge in [-0.2, -0.15) is 0 Å². The first-order valence-electron chi connectivity index (χ1n) is 13.8. The second kappa shape index (κ2) is 12.5. The topological polar surface area (TPSA) is 74.9 Å². The van der Waals surface area contributed by atoms with Gasteiger partial charge in [0.05, 0.1) is 18.7 Å². The molecule has 8 nitrogen and oxygen atoms in total. The van der Waals surface area contributed by atoms with E-state index in [0.29, 0.717) is 18.9 Å². The Morgan fingerprint density at radius 1 is 1.00 bits per heavy atom. The van der Waals surface area contributed by atoms with Gasteiger partial charge in [-0.3, -0.25) is 19.6 Å². The molecule has 2 aliphatic rings. The quantitative estimate of drug-likeness (QED) is 0.427. The summed E-state index contributed by atoms with van der Waals surface area (Å²) in [5, 5.41) is 3.98. The molecule has 2 aromatic heterocycles. The molecule has 2 fully saturated rings. The van der Waals surface area contributed by atoms with Crippen LogP contribution in [0.4, 0.5) is 0 Å². The molecule has 0 unspecified atom stereocenters. The highest BCUT2D eigenvalue weighted by molar-refractivity contribution is 5.79. The number of hydrogen-bond donors (Lipinski definition) is 0. The van der Waals surface area contributed by atoms with Crippen molar-refractivity contribution in [3.8, 4) is 5.75 Å². The van der Waals surface area contributed by atoms with Crippen LogP contribution in [0.5, 0.6) is 5.75 Å². The summed E-state index contributed by atoms with van der Waals surface area (Å²) in [6.45, 7) is 12.2. The Kier molecular flexibility index (Phi) is 8.71. The third kappa shape index (κ3) is 6.99. The van der Waals surface area contributed by atoms with Gasteiger partial charge in [-0.15, -0.1) is 0 Å². The molecule has 1 aromatic carbocycles. The number of pyridine rings is 1. The van der Waals surface area contributed by atoms with Gasteiger partial charge in [-0.1, -0.05) is 23.4 Å². The van der Waals surface area contributed by atoms with Crippen LogP contribution in [0.25, 0.3) is 0 Å². The SMILES string of the molecule is Cc1noc(C)c1CC(=O)N1CCC[C@H](COc2ccc(CN3CCN(Cc4cccnc4)CC3)cc2)C1. The smallest absolute Gasteiger partial charge is 0.227 e. The lowest BCUT2D eigenvalue weighted by Crippen LogP contribution is -2.45. The second-order valence-electron chi connectivity index (χ2n) is 10.7. The van der Waals surface area contributed by atoms with Crippen LogP contribution in [0.15, 0.2) is 53.3 Å². The van der Waals surface area contributed by atoms with Crippen LogP contribution in [0, 0.1) is 19.8 Å². The monoisotopic (exact) mass is 517 g/mol. The maximum absolute atomic E-state index is 12.9. The Hall–Kier alpha value is -3.23. The average molecular weight is 518 g/mol. The molecule has 5 rings (SSSR count). The molecule has 8 heteroatoms. The van der Waals surface area contributed by atoms with Gasteiger partial charge in [-0.05, 0) is 56.0 Å². The number of benzene rings is 1. The van der Waals surface area contributed by atoms with E-state index in [1.165, 1.54) is 11.1 Å². The number of amides is 1. The minimum absolute atomic E-state index is 0.145. The van der Waals surface area contributed by atoms with Gasteiger partial charge in [0.15, 0.2) is 0 Å². The molecule has 202 valence electrons. The molecular formula is C30H39N5O3. The number of rotatable bonds is 9. The fraction of sp³-hybridized carbons (Fsp3) is 0.500. The molecule has 0 bridgehead atoms. The van der Waals surface area contributed by atoms with E-state index in [1.807, 2.05) is 37.2 Å². The predicted octanol–water partition coefficient (Wildman–Crippen LogP) is 3.86. The summed E-state index contributed by atoms with van der Waals surface area (Å²) in [5.74, 6) is 2.12. The average Bonchev–Trinajstić information content (AvgIpc) is 3.26. The van der Waals surface area contributed by atoms with Crippen LogP contribution < -0.4 is 4.74 Å². The Balaban J connectivity index is 1.03. The van der Waals surface area contributed by atoms with E-state index in [2.05, 4.69) is 50.3 Å². The minimum Gasteiger partial charge on any atom is -0.493 e. The van der Waals surface area contributed by atoms with Crippen molar-refractivity contribution in [2.24, 2.45) is 5.92 Å². The molecule has 38 heavy (non-hydrogen) atoms. The number of piperazine rings is 1. The van der Waals surface area contributed by atoms with Gasteiger partial charge in [0.1, 0.15) is 11.5 Å². The summed E-state index contributed by atoms with van der Waals surface area (Å²) in [6.07, 6.45) is 6.24. The Bertz CT molecular complexity index is 1150. The Morgan fingerprint density at radius 3 is 2.39 bits per heavy atom. The Morgan fingerprint density at radius 2 is 1.74 bits per heavy atom. The molecule has 0 spiro atoms. The number of nitrogens with zero attached hydrogens (tertiary/aromatic N) is 5. The molecule has 3 aromatic rings. The normalized spacial score (nSPS) is 19.0. The maximum atomic E-state index is 12.9. The molecule has 2 aliphatic heterocycles. The lowest BCUT2D eigenvalue weighted by Gasteiger charge is -2.34. The summed E-state index contributed by atoms with van der Waals surface area (Å²) < 4.78 is 11.4. The van der Waals surface area contributed by atoms with E-state index in [4.69, 9.17) is 9.26 Å². The zero-order chi connectivity index (χ0) is 26.3. The Labute approximate surface area is 225 Å². The van der Waals surface area contributed by atoms with Crippen LogP contribution in [0.1, 0.15) is 41.0 Å². The third-order valence-electron chi connectivity index (χ3n) is 7.79. The fourth-order valence-corrected chi connectivity index (χ4v) is 5.46. The molecule has 0 aliphatic carbocycles. The van der Waals surface area contributed by atoms with Gasteiger partial charge in [0.2, 0.25) is 5.91 Å². The molecule has 1 atom stereocenters. The highest BCUT2D eigenvalue weighted by Gasteiger charge is 2.26. The molecular weight excluding hydrogens is 478 g/mol. The van der Waals surface area contributed by atoms with Crippen molar-refractivity contribution in [2.75, 3.05) is 45.9 Å². The largest absolute Gasteiger partial charge is 0.493 e. The van der Waals surface area contributed by atoms with Crippen LogP contribution in [-0.2, 0) is 24.3 Å². The van der Waals surface area contributed by atoms with E-state index < -0.39 is 0 Å². The number of likely N-dealkylation sites (tertiary alicyclic amines) is 1. The molecule has 0 saturated carbocycles. The number of carbonyl (C=O) groups excluding carboxylic acids is 1. The van der Waals surface area contributed by atoms with Gasteiger partial charge in [-0.25, -0.2) is 0 Å². The number of ether oxygens (including phenoxy) is 1. The summed E-state index contributed by atoms with van der Waals surface area (Å²) >= 11 is 0. The summed E-state index contributed by atoms with van der Waals surface area (Å²) in [4.78, 5) is 24.1. The second-order valence-corrected chi connectivity index (χ2v) is 10.7. The van der Waals surface area contributed by atoms with Crippen LogP contribution in [0.3, 0.4) is 0 Å².